The zero-order chi connectivity index (χ0) is 20.6. The van der Waals surface area contributed by atoms with Crippen molar-refractivity contribution in [3.63, 3.8) is 0 Å². The van der Waals surface area contributed by atoms with E-state index in [1.807, 2.05) is 0 Å². The van der Waals surface area contributed by atoms with Crippen molar-refractivity contribution < 1.29 is 30.9 Å². The molecule has 0 unspecified atom stereocenters. The largest absolute Gasteiger partial charge is 0.437 e. The number of rotatable bonds is 4. The molecule has 146 valence electrons. The van der Waals surface area contributed by atoms with E-state index < -0.39 is 31.8 Å². The molecule has 0 aromatic heterocycles. The standard InChI is InChI=1S/C16H14ClF3N2O4S/c1-22(2,27(24,25)26)14-6-4-3-5-11(14)15(23)21-13-9-10(16(18,19)20)7-8-12(13)17/h3-9H,1-2H3,(H-,21,23,24,25,26)/p+1. The van der Waals surface area contributed by atoms with Crippen molar-refractivity contribution in [2.45, 2.75) is 6.18 Å². The first-order valence-electron chi connectivity index (χ1n) is 7.34. The van der Waals surface area contributed by atoms with Crippen molar-refractivity contribution in [2.75, 3.05) is 19.4 Å². The number of carbonyl (C=O) groups excluding carboxylic acids is 1. The molecule has 0 fully saturated rings. The predicted octanol–water partition coefficient (Wildman–Crippen LogP) is 3.98. The number of hydrogen-bond acceptors (Lipinski definition) is 3. The van der Waals surface area contributed by atoms with Gasteiger partial charge in [0.25, 0.3) is 5.91 Å². The Morgan fingerprint density at radius 3 is 2.30 bits per heavy atom. The van der Waals surface area contributed by atoms with Crippen LogP contribution in [-0.2, 0) is 16.5 Å². The van der Waals surface area contributed by atoms with Gasteiger partial charge < -0.3 is 5.32 Å². The van der Waals surface area contributed by atoms with Gasteiger partial charge in [0.15, 0.2) is 5.69 Å². The summed E-state index contributed by atoms with van der Waals surface area (Å²) < 4.78 is 70.2. The van der Waals surface area contributed by atoms with E-state index in [1.165, 1.54) is 24.3 Å². The number of quaternary nitrogens is 1. The van der Waals surface area contributed by atoms with E-state index in [4.69, 9.17) is 11.6 Å². The Bertz CT molecular complexity index is 991. The molecule has 27 heavy (non-hydrogen) atoms. The molecule has 2 N–H and O–H groups in total. The molecule has 0 saturated heterocycles. The second-order valence-electron chi connectivity index (χ2n) is 5.96. The molecule has 6 nitrogen and oxygen atoms in total. The molecule has 0 heterocycles. The van der Waals surface area contributed by atoms with Gasteiger partial charge in [0.05, 0.1) is 30.4 Å². The fourth-order valence-corrected chi connectivity index (χ4v) is 2.82. The van der Waals surface area contributed by atoms with Gasteiger partial charge in [-0.2, -0.15) is 17.1 Å². The Balaban J connectivity index is 2.48. The second-order valence-corrected chi connectivity index (χ2v) is 8.18. The summed E-state index contributed by atoms with van der Waals surface area (Å²) in [4.78, 5) is 12.6. The maximum Gasteiger partial charge on any atom is 0.437 e. The number of nitrogens with zero attached hydrogens (tertiary/aromatic N) is 1. The first kappa shape index (κ1) is 21.2. The molecule has 2 aromatic rings. The quantitative estimate of drug-likeness (QED) is 0.575. The Labute approximate surface area is 158 Å². The number of alkyl halides is 3. The van der Waals surface area contributed by atoms with Crippen LogP contribution in [0.2, 0.25) is 5.02 Å². The van der Waals surface area contributed by atoms with Gasteiger partial charge in [-0.1, -0.05) is 23.7 Å². The SMILES string of the molecule is C[N+](C)(c1ccccc1C(=O)Nc1cc(C(F)(F)F)ccc1Cl)S(=O)(=O)O. The van der Waals surface area contributed by atoms with E-state index in [-0.39, 0.29) is 22.0 Å². The van der Waals surface area contributed by atoms with Crippen LogP contribution in [-0.4, -0.2) is 33.0 Å². The van der Waals surface area contributed by atoms with Gasteiger partial charge in [-0.25, -0.2) is 4.55 Å². The van der Waals surface area contributed by atoms with Crippen LogP contribution >= 0.6 is 11.6 Å². The fourth-order valence-electron chi connectivity index (χ4n) is 2.25. The summed E-state index contributed by atoms with van der Waals surface area (Å²) in [5, 5.41) is 2.12. The molecule has 0 atom stereocenters. The molecule has 0 radical (unpaired) electrons. The minimum absolute atomic E-state index is 0.0828. The highest BCUT2D eigenvalue weighted by molar-refractivity contribution is 7.85. The number of halogens is 4. The van der Waals surface area contributed by atoms with Crippen LogP contribution < -0.4 is 9.21 Å². The minimum atomic E-state index is -4.64. The van der Waals surface area contributed by atoms with E-state index in [9.17, 15) is 30.9 Å². The van der Waals surface area contributed by atoms with Crippen molar-refractivity contribution in [2.24, 2.45) is 0 Å². The minimum Gasteiger partial charge on any atom is -0.320 e. The van der Waals surface area contributed by atoms with Crippen LogP contribution in [0.5, 0.6) is 0 Å². The Hall–Kier alpha value is -2.14. The summed E-state index contributed by atoms with van der Waals surface area (Å²) in [5.41, 5.74) is -1.54. The smallest absolute Gasteiger partial charge is 0.320 e. The average Bonchev–Trinajstić information content (AvgIpc) is 2.54. The first-order valence-corrected chi connectivity index (χ1v) is 9.12. The van der Waals surface area contributed by atoms with E-state index >= 15 is 0 Å². The van der Waals surface area contributed by atoms with Gasteiger partial charge in [-0.15, -0.1) is 8.42 Å². The molecule has 0 aliphatic rings. The molecule has 2 rings (SSSR count). The van der Waals surface area contributed by atoms with Gasteiger partial charge in [-0.3, -0.25) is 4.79 Å². The molecule has 0 aliphatic carbocycles. The summed E-state index contributed by atoms with van der Waals surface area (Å²) in [6.45, 7) is 0. The lowest BCUT2D eigenvalue weighted by molar-refractivity contribution is -0.137. The van der Waals surface area contributed by atoms with Crippen LogP contribution in [0, 0.1) is 0 Å². The number of para-hydroxylation sites is 1. The van der Waals surface area contributed by atoms with Gasteiger partial charge in [-0.05, 0) is 24.3 Å². The zero-order valence-electron chi connectivity index (χ0n) is 14.1. The topological polar surface area (TPSA) is 83.5 Å². The lowest BCUT2D eigenvalue weighted by Crippen LogP contribution is -2.47. The van der Waals surface area contributed by atoms with Crippen LogP contribution in [0.25, 0.3) is 0 Å². The highest BCUT2D eigenvalue weighted by atomic mass is 35.5. The van der Waals surface area contributed by atoms with Gasteiger partial charge in [0.1, 0.15) is 5.56 Å². The predicted molar refractivity (Wildman–Crippen MR) is 96.0 cm³/mol. The lowest BCUT2D eigenvalue weighted by Gasteiger charge is -2.25. The molecular formula is C16H15ClF3N2O4S+. The van der Waals surface area contributed by atoms with E-state index in [0.29, 0.717) is 6.07 Å². The third kappa shape index (κ3) is 4.41. The monoisotopic (exact) mass is 423 g/mol. The van der Waals surface area contributed by atoms with Crippen molar-refractivity contribution in [1.82, 2.24) is 3.89 Å². The Morgan fingerprint density at radius 2 is 1.74 bits per heavy atom. The Kier molecular flexibility index (Phi) is 5.58. The number of carbonyl (C=O) groups is 1. The Morgan fingerprint density at radius 1 is 1.15 bits per heavy atom. The van der Waals surface area contributed by atoms with E-state index in [0.717, 1.165) is 26.2 Å². The summed E-state index contributed by atoms with van der Waals surface area (Å²) in [7, 11) is -2.36. The number of hydrogen-bond donors (Lipinski definition) is 2. The summed E-state index contributed by atoms with van der Waals surface area (Å²) in [5.74, 6) is -0.887. The third-order valence-electron chi connectivity index (χ3n) is 3.85. The number of nitrogens with one attached hydrogen (secondary N) is 1. The average molecular weight is 424 g/mol. The zero-order valence-corrected chi connectivity index (χ0v) is 15.7. The van der Waals surface area contributed by atoms with Crippen LogP contribution in [0.15, 0.2) is 42.5 Å². The van der Waals surface area contributed by atoms with Crippen LogP contribution in [0.1, 0.15) is 15.9 Å². The summed E-state index contributed by atoms with van der Waals surface area (Å²) >= 11 is 5.86. The third-order valence-corrected chi connectivity index (χ3v) is 5.53. The molecule has 2 aromatic carbocycles. The molecule has 11 heteroatoms. The van der Waals surface area contributed by atoms with Gasteiger partial charge >= 0.3 is 16.5 Å². The molecule has 0 saturated carbocycles. The van der Waals surface area contributed by atoms with E-state index in [2.05, 4.69) is 5.32 Å². The van der Waals surface area contributed by atoms with Crippen molar-refractivity contribution >= 4 is 39.2 Å². The fraction of sp³-hybridized carbons (Fsp3) is 0.188. The molecular weight excluding hydrogens is 409 g/mol. The first-order chi connectivity index (χ1) is 12.2. The summed E-state index contributed by atoms with van der Waals surface area (Å²) in [6.07, 6.45) is -4.63. The van der Waals surface area contributed by atoms with Crippen molar-refractivity contribution in [3.05, 3.63) is 58.6 Å². The second kappa shape index (κ2) is 7.12. The molecule has 1 amide bonds. The highest BCUT2D eigenvalue weighted by Crippen LogP contribution is 2.34. The highest BCUT2D eigenvalue weighted by Gasteiger charge is 2.37. The lowest BCUT2D eigenvalue weighted by atomic mass is 10.1. The number of anilines is 1. The maximum absolute atomic E-state index is 12.9. The normalized spacial score (nSPS) is 12.7. The molecule has 0 aliphatic heterocycles. The molecule has 0 spiro atoms. The number of amides is 1. The summed E-state index contributed by atoms with van der Waals surface area (Å²) in [6, 6.07) is 7.90. The molecule has 0 bridgehead atoms. The number of benzene rings is 2. The van der Waals surface area contributed by atoms with Crippen molar-refractivity contribution in [1.29, 1.82) is 0 Å². The van der Waals surface area contributed by atoms with Crippen LogP contribution in [0.3, 0.4) is 0 Å². The van der Waals surface area contributed by atoms with E-state index in [1.54, 1.807) is 0 Å². The maximum atomic E-state index is 12.9. The van der Waals surface area contributed by atoms with Gasteiger partial charge in [0, 0.05) is 6.07 Å². The van der Waals surface area contributed by atoms with Crippen molar-refractivity contribution in [3.8, 4) is 0 Å². The van der Waals surface area contributed by atoms with Gasteiger partial charge in [0.2, 0.25) is 0 Å². The van der Waals surface area contributed by atoms with Crippen LogP contribution in [0.4, 0.5) is 24.5 Å².